The van der Waals surface area contributed by atoms with Crippen molar-refractivity contribution in [2.75, 3.05) is 19.6 Å². The molecule has 6 rings (SSSR count). The molecule has 5 fully saturated rings. The molecule has 0 aromatic heterocycles. The Bertz CT molecular complexity index is 1070. The van der Waals surface area contributed by atoms with Gasteiger partial charge in [0, 0.05) is 18.6 Å². The normalized spacial score (nSPS) is 34.4. The van der Waals surface area contributed by atoms with Gasteiger partial charge < -0.3 is 10.2 Å². The van der Waals surface area contributed by atoms with E-state index in [2.05, 4.69) is 16.1 Å². The SMILES string of the molecule is N#C[C@@H]1CCCN1C(=O)CNC12CC3CC(C1)CC(S(=O)(=O)NCCc1ccc(F)cc1)(C3)C2. The van der Waals surface area contributed by atoms with Crippen LogP contribution in [0.1, 0.15) is 56.9 Å². The molecular weight excluding hydrogens is 455 g/mol. The van der Waals surface area contributed by atoms with Crippen molar-refractivity contribution in [3.8, 4) is 6.07 Å². The Balaban J connectivity index is 1.25. The van der Waals surface area contributed by atoms with Gasteiger partial charge in [-0.15, -0.1) is 0 Å². The summed E-state index contributed by atoms with van der Waals surface area (Å²) in [6, 6.07) is 8.02. The average Bonchev–Trinajstić information content (AvgIpc) is 3.27. The Morgan fingerprint density at radius 2 is 1.88 bits per heavy atom. The smallest absolute Gasteiger partial charge is 0.237 e. The van der Waals surface area contributed by atoms with Gasteiger partial charge in [0.2, 0.25) is 15.9 Å². The molecule has 2 N–H and O–H groups in total. The van der Waals surface area contributed by atoms with Crippen LogP contribution < -0.4 is 10.0 Å². The summed E-state index contributed by atoms with van der Waals surface area (Å²) in [4.78, 5) is 14.5. The molecule has 5 aliphatic rings. The van der Waals surface area contributed by atoms with Crippen LogP contribution in [0.3, 0.4) is 0 Å². The van der Waals surface area contributed by atoms with Crippen LogP contribution >= 0.6 is 0 Å². The van der Waals surface area contributed by atoms with Gasteiger partial charge in [-0.1, -0.05) is 12.1 Å². The highest BCUT2D eigenvalue weighted by atomic mass is 32.2. The molecule has 1 amide bonds. The fourth-order valence-electron chi connectivity index (χ4n) is 7.40. The molecular formula is C25H33FN4O3S. The third kappa shape index (κ3) is 4.36. The lowest BCUT2D eigenvalue weighted by Gasteiger charge is -2.61. The second-order valence-corrected chi connectivity index (χ2v) is 13.1. The van der Waals surface area contributed by atoms with E-state index in [-0.39, 0.29) is 36.4 Å². The number of halogens is 1. The largest absolute Gasteiger partial charge is 0.326 e. The summed E-state index contributed by atoms with van der Waals surface area (Å²) >= 11 is 0. The lowest BCUT2D eigenvalue weighted by molar-refractivity contribution is -0.131. The van der Waals surface area contributed by atoms with E-state index in [0.29, 0.717) is 44.1 Å². The number of rotatable bonds is 8. The summed E-state index contributed by atoms with van der Waals surface area (Å²) in [7, 11) is -3.57. The van der Waals surface area contributed by atoms with E-state index in [4.69, 9.17) is 0 Å². The van der Waals surface area contributed by atoms with Crippen LogP contribution in [-0.2, 0) is 21.2 Å². The van der Waals surface area contributed by atoms with Crippen molar-refractivity contribution in [1.82, 2.24) is 14.9 Å². The third-order valence-corrected chi connectivity index (χ3v) is 10.7. The van der Waals surface area contributed by atoms with E-state index >= 15 is 0 Å². The van der Waals surface area contributed by atoms with Gasteiger partial charge in [0.25, 0.3) is 0 Å². The van der Waals surface area contributed by atoms with Crippen molar-refractivity contribution in [1.29, 1.82) is 5.26 Å². The summed E-state index contributed by atoms with van der Waals surface area (Å²) in [5, 5.41) is 12.8. The summed E-state index contributed by atoms with van der Waals surface area (Å²) in [5.74, 6) is 0.323. The number of carbonyl (C=O) groups excluding carboxylic acids is 1. The lowest BCUT2D eigenvalue weighted by atomic mass is 9.52. The second-order valence-electron chi connectivity index (χ2n) is 10.9. The van der Waals surface area contributed by atoms with Crippen LogP contribution in [0.25, 0.3) is 0 Å². The van der Waals surface area contributed by atoms with E-state index < -0.39 is 14.8 Å². The zero-order chi connectivity index (χ0) is 24.0. The summed E-state index contributed by atoms with van der Waals surface area (Å²) < 4.78 is 42.4. The number of nitrogens with zero attached hydrogens (tertiary/aromatic N) is 2. The van der Waals surface area contributed by atoms with Gasteiger partial charge in [0.1, 0.15) is 11.9 Å². The van der Waals surface area contributed by atoms with Crippen molar-refractivity contribution in [2.24, 2.45) is 11.8 Å². The Hall–Kier alpha value is -2.02. The summed E-state index contributed by atoms with van der Waals surface area (Å²) in [5.41, 5.74) is 0.552. The first-order valence-corrected chi connectivity index (χ1v) is 13.9. The molecule has 4 saturated carbocycles. The molecule has 184 valence electrons. The van der Waals surface area contributed by atoms with Gasteiger partial charge in [0.15, 0.2) is 0 Å². The van der Waals surface area contributed by atoms with Crippen molar-refractivity contribution in [2.45, 2.75) is 74.1 Å². The fourth-order valence-corrected chi connectivity index (χ4v) is 9.45. The molecule has 0 spiro atoms. The maximum Gasteiger partial charge on any atom is 0.237 e. The van der Waals surface area contributed by atoms with E-state index in [9.17, 15) is 22.9 Å². The molecule has 1 aromatic carbocycles. The minimum atomic E-state index is -3.57. The Kier molecular flexibility index (Phi) is 6.20. The fraction of sp³-hybridized carbons (Fsp3) is 0.680. The molecule has 1 aliphatic heterocycles. The number of nitrogens with one attached hydrogen (secondary N) is 2. The van der Waals surface area contributed by atoms with Gasteiger partial charge in [-0.3, -0.25) is 4.79 Å². The quantitative estimate of drug-likeness (QED) is 0.585. The van der Waals surface area contributed by atoms with Gasteiger partial charge in [-0.05, 0) is 87.3 Å². The van der Waals surface area contributed by atoms with Crippen LogP contribution in [0.2, 0.25) is 0 Å². The Labute approximate surface area is 201 Å². The molecule has 0 radical (unpaired) electrons. The zero-order valence-electron chi connectivity index (χ0n) is 19.4. The maximum absolute atomic E-state index is 13.6. The minimum Gasteiger partial charge on any atom is -0.326 e. The van der Waals surface area contributed by atoms with Crippen LogP contribution in [0, 0.1) is 29.0 Å². The first kappa shape index (κ1) is 23.7. The molecule has 4 aliphatic carbocycles. The average molecular weight is 489 g/mol. The van der Waals surface area contributed by atoms with Crippen LogP contribution in [0.5, 0.6) is 0 Å². The number of likely N-dealkylation sites (tertiary alicyclic amines) is 1. The topological polar surface area (TPSA) is 102 Å². The highest BCUT2D eigenvalue weighted by Gasteiger charge is 2.62. The predicted octanol–water partition coefficient (Wildman–Crippen LogP) is 2.48. The minimum absolute atomic E-state index is 0.0610. The number of nitriles is 1. The second kappa shape index (κ2) is 8.89. The summed E-state index contributed by atoms with van der Waals surface area (Å²) in [6.07, 6.45) is 6.84. The maximum atomic E-state index is 13.6. The molecule has 9 heteroatoms. The molecule has 7 nitrogen and oxygen atoms in total. The van der Waals surface area contributed by atoms with Crippen molar-refractivity contribution in [3.63, 3.8) is 0 Å². The van der Waals surface area contributed by atoms with E-state index in [0.717, 1.165) is 37.7 Å². The zero-order valence-corrected chi connectivity index (χ0v) is 20.2. The molecule has 2 unspecified atom stereocenters. The highest BCUT2D eigenvalue weighted by molar-refractivity contribution is 7.90. The number of hydrogen-bond donors (Lipinski definition) is 2. The lowest BCUT2D eigenvalue weighted by Crippen LogP contribution is -2.68. The van der Waals surface area contributed by atoms with Crippen LogP contribution in [-0.4, -0.2) is 55.2 Å². The molecule has 1 heterocycles. The number of hydrogen-bond acceptors (Lipinski definition) is 5. The predicted molar refractivity (Wildman–Crippen MR) is 126 cm³/mol. The van der Waals surface area contributed by atoms with Crippen molar-refractivity contribution in [3.05, 3.63) is 35.6 Å². The van der Waals surface area contributed by atoms with Crippen molar-refractivity contribution < 1.29 is 17.6 Å². The van der Waals surface area contributed by atoms with Gasteiger partial charge in [0.05, 0.1) is 17.4 Å². The monoisotopic (exact) mass is 488 g/mol. The van der Waals surface area contributed by atoms with E-state index in [1.165, 1.54) is 12.1 Å². The van der Waals surface area contributed by atoms with Crippen LogP contribution in [0.15, 0.2) is 24.3 Å². The number of amides is 1. The Morgan fingerprint density at radius 3 is 2.56 bits per heavy atom. The number of sulfonamides is 1. The van der Waals surface area contributed by atoms with Gasteiger partial charge in [-0.2, -0.15) is 5.26 Å². The first-order valence-electron chi connectivity index (χ1n) is 12.4. The molecule has 4 bridgehead atoms. The molecule has 3 atom stereocenters. The molecule has 1 aromatic rings. The third-order valence-electron chi connectivity index (χ3n) is 8.53. The Morgan fingerprint density at radius 1 is 1.18 bits per heavy atom. The highest BCUT2D eigenvalue weighted by Crippen LogP contribution is 2.60. The number of benzene rings is 1. The molecule has 34 heavy (non-hydrogen) atoms. The standard InChI is InChI=1S/C25H33FN4O3S/c26-21-5-3-18(4-6-21)7-8-29-34(32,33)25-13-19-10-20(14-25)12-24(11-19,17-25)28-16-23(31)30-9-1-2-22(30)15-27/h3-6,19-20,22,28-29H,1-2,7-14,16-17H2/t19?,20?,22-,24?,25?/m0/s1. The van der Waals surface area contributed by atoms with E-state index in [1.54, 1.807) is 17.0 Å². The van der Waals surface area contributed by atoms with Gasteiger partial charge in [-0.25, -0.2) is 17.5 Å². The first-order chi connectivity index (χ1) is 16.2. The van der Waals surface area contributed by atoms with Crippen LogP contribution in [0.4, 0.5) is 4.39 Å². The summed E-state index contributed by atoms with van der Waals surface area (Å²) in [6.45, 7) is 1.06. The number of carbonyl (C=O) groups is 1. The van der Waals surface area contributed by atoms with Gasteiger partial charge >= 0.3 is 0 Å². The molecule has 1 saturated heterocycles. The van der Waals surface area contributed by atoms with Crippen molar-refractivity contribution >= 4 is 15.9 Å². The van der Waals surface area contributed by atoms with E-state index in [1.807, 2.05) is 0 Å².